The van der Waals surface area contributed by atoms with Gasteiger partial charge < -0.3 is 9.73 Å². The molecule has 0 aliphatic carbocycles. The average molecular weight is 344 g/mol. The number of hydrogen-bond acceptors (Lipinski definition) is 4. The van der Waals surface area contributed by atoms with Crippen molar-refractivity contribution in [3.05, 3.63) is 59.6 Å². The normalized spacial score (nSPS) is 11.4. The minimum absolute atomic E-state index is 0.00640. The highest BCUT2D eigenvalue weighted by Gasteiger charge is 2.13. The van der Waals surface area contributed by atoms with Crippen LogP contribution >= 0.6 is 0 Å². The van der Waals surface area contributed by atoms with E-state index < -0.39 is 27.6 Å². The van der Waals surface area contributed by atoms with E-state index in [9.17, 15) is 22.0 Å². The fraction of sp³-hybridized carbons (Fsp3) is 0.214. The van der Waals surface area contributed by atoms with E-state index in [1.54, 1.807) is 12.1 Å². The number of benzene rings is 1. The van der Waals surface area contributed by atoms with Gasteiger partial charge >= 0.3 is 0 Å². The molecule has 6 nitrogen and oxygen atoms in total. The molecule has 0 atom stereocenters. The lowest BCUT2D eigenvalue weighted by atomic mass is 10.2. The predicted octanol–water partition coefficient (Wildman–Crippen LogP) is 1.41. The largest absolute Gasteiger partial charge is 0.468 e. The average Bonchev–Trinajstić information content (AvgIpc) is 3.01. The molecule has 0 saturated heterocycles. The standard InChI is InChI=1S/C14H14F2N2O4S/c15-12-4-3-10(8-13(12)16)14(19)17-5-7-23(20,21)18-9-11-2-1-6-22-11/h1-4,6,8,18H,5,7,9H2,(H,17,19). The zero-order chi connectivity index (χ0) is 16.9. The van der Waals surface area contributed by atoms with Crippen molar-refractivity contribution in [3.8, 4) is 0 Å². The Morgan fingerprint density at radius 3 is 2.61 bits per heavy atom. The highest BCUT2D eigenvalue weighted by Crippen LogP contribution is 2.08. The Hall–Kier alpha value is -2.26. The molecule has 1 aromatic carbocycles. The molecule has 2 rings (SSSR count). The molecule has 1 heterocycles. The molecule has 0 unspecified atom stereocenters. The third kappa shape index (κ3) is 5.15. The fourth-order valence-corrected chi connectivity index (χ4v) is 2.58. The van der Waals surface area contributed by atoms with Gasteiger partial charge in [-0.15, -0.1) is 0 Å². The van der Waals surface area contributed by atoms with Crippen molar-refractivity contribution in [3.63, 3.8) is 0 Å². The number of halogens is 2. The van der Waals surface area contributed by atoms with E-state index in [0.717, 1.165) is 18.2 Å². The van der Waals surface area contributed by atoms with Gasteiger partial charge in [0, 0.05) is 12.1 Å². The second-order valence-electron chi connectivity index (χ2n) is 4.60. The van der Waals surface area contributed by atoms with Crippen LogP contribution in [0, 0.1) is 11.6 Å². The van der Waals surface area contributed by atoms with Crippen molar-refractivity contribution in [2.45, 2.75) is 6.54 Å². The number of carbonyl (C=O) groups is 1. The van der Waals surface area contributed by atoms with E-state index in [1.807, 2.05) is 0 Å². The SMILES string of the molecule is O=C(NCCS(=O)(=O)NCc1ccco1)c1ccc(F)c(F)c1. The molecule has 0 aliphatic heterocycles. The molecule has 9 heteroatoms. The first kappa shape index (κ1) is 17.1. The molecule has 2 aromatic rings. The highest BCUT2D eigenvalue weighted by molar-refractivity contribution is 7.89. The summed E-state index contributed by atoms with van der Waals surface area (Å²) in [5.41, 5.74) is -0.0927. The van der Waals surface area contributed by atoms with Gasteiger partial charge in [0.15, 0.2) is 11.6 Å². The van der Waals surface area contributed by atoms with E-state index in [-0.39, 0.29) is 24.4 Å². The maximum absolute atomic E-state index is 13.0. The van der Waals surface area contributed by atoms with Gasteiger partial charge in [0.2, 0.25) is 10.0 Å². The summed E-state index contributed by atoms with van der Waals surface area (Å²) in [7, 11) is -3.61. The van der Waals surface area contributed by atoms with E-state index in [4.69, 9.17) is 4.42 Å². The van der Waals surface area contributed by atoms with E-state index in [1.165, 1.54) is 6.26 Å². The van der Waals surface area contributed by atoms with Gasteiger partial charge in [-0.25, -0.2) is 21.9 Å². The van der Waals surface area contributed by atoms with Crippen LogP contribution in [0.3, 0.4) is 0 Å². The molecular weight excluding hydrogens is 330 g/mol. The van der Waals surface area contributed by atoms with Crippen molar-refractivity contribution in [1.82, 2.24) is 10.0 Å². The summed E-state index contributed by atoms with van der Waals surface area (Å²) in [6.07, 6.45) is 1.42. The monoisotopic (exact) mass is 344 g/mol. The van der Waals surface area contributed by atoms with E-state index >= 15 is 0 Å². The summed E-state index contributed by atoms with van der Waals surface area (Å²) in [5.74, 6) is -2.80. The molecule has 1 aromatic heterocycles. The van der Waals surface area contributed by atoms with Gasteiger partial charge in [-0.1, -0.05) is 0 Å². The van der Waals surface area contributed by atoms with Crippen LogP contribution in [0.5, 0.6) is 0 Å². The van der Waals surface area contributed by atoms with Crippen LogP contribution in [0.15, 0.2) is 41.0 Å². The van der Waals surface area contributed by atoms with Crippen molar-refractivity contribution in [2.24, 2.45) is 0 Å². The number of furan rings is 1. The number of carbonyl (C=O) groups excluding carboxylic acids is 1. The van der Waals surface area contributed by atoms with Crippen LogP contribution in [-0.4, -0.2) is 26.6 Å². The van der Waals surface area contributed by atoms with Gasteiger partial charge in [0.25, 0.3) is 5.91 Å². The molecule has 1 amide bonds. The number of amides is 1. The Labute approximate surface area is 131 Å². The zero-order valence-corrected chi connectivity index (χ0v) is 12.7. The maximum Gasteiger partial charge on any atom is 0.251 e. The highest BCUT2D eigenvalue weighted by atomic mass is 32.2. The maximum atomic E-state index is 13.0. The van der Waals surface area contributed by atoms with Crippen LogP contribution in [0.1, 0.15) is 16.1 Å². The van der Waals surface area contributed by atoms with Crippen LogP contribution in [0.25, 0.3) is 0 Å². The fourth-order valence-electron chi connectivity index (χ4n) is 1.70. The second kappa shape index (κ2) is 7.34. The Morgan fingerprint density at radius 1 is 1.17 bits per heavy atom. The Morgan fingerprint density at radius 2 is 1.96 bits per heavy atom. The van der Waals surface area contributed by atoms with Crippen LogP contribution in [0.2, 0.25) is 0 Å². The molecule has 0 bridgehead atoms. The first-order valence-corrected chi connectivity index (χ1v) is 8.25. The van der Waals surface area contributed by atoms with Crippen LogP contribution < -0.4 is 10.0 Å². The van der Waals surface area contributed by atoms with E-state index in [0.29, 0.717) is 5.76 Å². The van der Waals surface area contributed by atoms with Gasteiger partial charge in [-0.3, -0.25) is 4.79 Å². The summed E-state index contributed by atoms with van der Waals surface area (Å²) in [5, 5.41) is 2.32. The number of nitrogens with one attached hydrogen (secondary N) is 2. The smallest absolute Gasteiger partial charge is 0.251 e. The minimum Gasteiger partial charge on any atom is -0.468 e. The predicted molar refractivity (Wildman–Crippen MR) is 78.0 cm³/mol. The lowest BCUT2D eigenvalue weighted by Gasteiger charge is -2.07. The third-order valence-corrected chi connectivity index (χ3v) is 4.21. The first-order valence-electron chi connectivity index (χ1n) is 6.60. The van der Waals surface area contributed by atoms with Crippen molar-refractivity contribution >= 4 is 15.9 Å². The van der Waals surface area contributed by atoms with Crippen molar-refractivity contribution in [1.29, 1.82) is 0 Å². The molecule has 0 saturated carbocycles. The molecule has 2 N–H and O–H groups in total. The summed E-state index contributed by atoms with van der Waals surface area (Å²) in [6, 6.07) is 5.93. The number of hydrogen-bond donors (Lipinski definition) is 2. The Balaban J connectivity index is 1.81. The van der Waals surface area contributed by atoms with Crippen LogP contribution in [-0.2, 0) is 16.6 Å². The zero-order valence-electron chi connectivity index (χ0n) is 11.9. The third-order valence-electron chi connectivity index (χ3n) is 2.88. The first-order chi connectivity index (χ1) is 10.9. The number of rotatable bonds is 7. The molecule has 0 spiro atoms. The summed E-state index contributed by atoms with van der Waals surface area (Å²) >= 11 is 0. The van der Waals surface area contributed by atoms with Gasteiger partial charge in [0.1, 0.15) is 5.76 Å². The quantitative estimate of drug-likeness (QED) is 0.795. The summed E-state index contributed by atoms with van der Waals surface area (Å²) in [4.78, 5) is 11.7. The Bertz CT molecular complexity index is 776. The lowest BCUT2D eigenvalue weighted by Crippen LogP contribution is -2.34. The molecule has 0 radical (unpaired) electrons. The molecular formula is C14H14F2N2O4S. The molecule has 0 fully saturated rings. The van der Waals surface area contributed by atoms with Gasteiger partial charge in [-0.2, -0.15) is 0 Å². The van der Waals surface area contributed by atoms with Crippen LogP contribution in [0.4, 0.5) is 8.78 Å². The summed E-state index contributed by atoms with van der Waals surface area (Å²) in [6.45, 7) is -0.169. The number of sulfonamides is 1. The molecule has 124 valence electrons. The van der Waals surface area contributed by atoms with Gasteiger partial charge in [0.05, 0.1) is 18.6 Å². The van der Waals surface area contributed by atoms with Crippen molar-refractivity contribution in [2.75, 3.05) is 12.3 Å². The molecule has 23 heavy (non-hydrogen) atoms. The topological polar surface area (TPSA) is 88.4 Å². The minimum atomic E-state index is -3.61. The van der Waals surface area contributed by atoms with E-state index in [2.05, 4.69) is 10.0 Å². The Kier molecular flexibility index (Phi) is 5.45. The van der Waals surface area contributed by atoms with Gasteiger partial charge in [-0.05, 0) is 30.3 Å². The van der Waals surface area contributed by atoms with Crippen molar-refractivity contribution < 1.29 is 26.4 Å². The second-order valence-corrected chi connectivity index (χ2v) is 6.53. The lowest BCUT2D eigenvalue weighted by molar-refractivity contribution is 0.0955. The molecule has 0 aliphatic rings. The summed E-state index contributed by atoms with van der Waals surface area (Å²) < 4.78 is 56.5.